The van der Waals surface area contributed by atoms with Gasteiger partial charge in [0, 0.05) is 11.3 Å². The molecule has 3 nitrogen and oxygen atoms in total. The summed E-state index contributed by atoms with van der Waals surface area (Å²) in [5.41, 5.74) is 0.811. The van der Waals surface area contributed by atoms with Gasteiger partial charge in [-0.1, -0.05) is 35.3 Å². The van der Waals surface area contributed by atoms with Gasteiger partial charge in [0.15, 0.2) is 6.04 Å². The lowest BCUT2D eigenvalue weighted by Crippen LogP contribution is -2.20. The van der Waals surface area contributed by atoms with Gasteiger partial charge in [-0.2, -0.15) is 0 Å². The van der Waals surface area contributed by atoms with Gasteiger partial charge in [0.1, 0.15) is 5.82 Å². The first-order valence-electron chi connectivity index (χ1n) is 5.68. The van der Waals surface area contributed by atoms with Crippen molar-refractivity contribution in [2.75, 3.05) is 5.32 Å². The van der Waals surface area contributed by atoms with Crippen LogP contribution in [-0.4, -0.2) is 11.1 Å². The monoisotopic (exact) mass is 313 g/mol. The molecule has 0 aliphatic heterocycles. The average Bonchev–Trinajstić information content (AvgIpc) is 2.41. The minimum absolute atomic E-state index is 0.177. The quantitative estimate of drug-likeness (QED) is 0.881. The second-order valence-corrected chi connectivity index (χ2v) is 4.85. The summed E-state index contributed by atoms with van der Waals surface area (Å²) in [6.45, 7) is 0. The standard InChI is InChI=1S/C14H10Cl2FNO2/c15-11-3-1-2-10(12(11)16)13(14(19)20)18-9-6-4-8(17)5-7-9/h1-7,13,18H,(H,19,20). The van der Waals surface area contributed by atoms with Crippen LogP contribution in [0.2, 0.25) is 10.0 Å². The van der Waals surface area contributed by atoms with Gasteiger partial charge in [-0.05, 0) is 30.3 Å². The van der Waals surface area contributed by atoms with Crippen LogP contribution in [-0.2, 0) is 4.79 Å². The van der Waals surface area contributed by atoms with Crippen molar-refractivity contribution in [3.05, 3.63) is 63.9 Å². The summed E-state index contributed by atoms with van der Waals surface area (Å²) in [6, 6.07) is 9.06. The Morgan fingerprint density at radius 3 is 2.40 bits per heavy atom. The van der Waals surface area contributed by atoms with Crippen LogP contribution >= 0.6 is 23.2 Å². The molecule has 2 rings (SSSR count). The van der Waals surface area contributed by atoms with Crippen LogP contribution < -0.4 is 5.32 Å². The van der Waals surface area contributed by atoms with Gasteiger partial charge in [-0.3, -0.25) is 0 Å². The van der Waals surface area contributed by atoms with Crippen LogP contribution in [0.15, 0.2) is 42.5 Å². The molecule has 20 heavy (non-hydrogen) atoms. The van der Waals surface area contributed by atoms with E-state index in [1.165, 1.54) is 24.3 Å². The Balaban J connectivity index is 2.34. The molecule has 0 aromatic heterocycles. The normalized spacial score (nSPS) is 11.9. The second kappa shape index (κ2) is 6.11. The lowest BCUT2D eigenvalue weighted by atomic mass is 10.1. The molecule has 0 saturated carbocycles. The van der Waals surface area contributed by atoms with Crippen molar-refractivity contribution in [1.82, 2.24) is 0 Å². The first kappa shape index (κ1) is 14.6. The molecule has 0 heterocycles. The van der Waals surface area contributed by atoms with Crippen molar-refractivity contribution in [3.8, 4) is 0 Å². The highest BCUT2D eigenvalue weighted by Crippen LogP contribution is 2.31. The highest BCUT2D eigenvalue weighted by molar-refractivity contribution is 6.42. The Morgan fingerprint density at radius 1 is 1.15 bits per heavy atom. The Labute approximate surface area is 124 Å². The van der Waals surface area contributed by atoms with Crippen molar-refractivity contribution in [1.29, 1.82) is 0 Å². The topological polar surface area (TPSA) is 49.3 Å². The Morgan fingerprint density at radius 2 is 1.80 bits per heavy atom. The molecule has 0 aliphatic rings. The summed E-state index contributed by atoms with van der Waals surface area (Å²) in [5.74, 6) is -1.51. The van der Waals surface area contributed by atoms with Crippen molar-refractivity contribution < 1.29 is 14.3 Å². The predicted molar refractivity (Wildman–Crippen MR) is 76.9 cm³/mol. The Hall–Kier alpha value is -1.78. The molecule has 0 amide bonds. The van der Waals surface area contributed by atoms with Crippen molar-refractivity contribution in [2.45, 2.75) is 6.04 Å². The number of halogens is 3. The molecule has 104 valence electrons. The van der Waals surface area contributed by atoms with Gasteiger partial charge in [0.2, 0.25) is 0 Å². The molecule has 2 aromatic rings. The van der Waals surface area contributed by atoms with Crippen LogP contribution in [0.25, 0.3) is 0 Å². The molecule has 0 spiro atoms. The van der Waals surface area contributed by atoms with Crippen LogP contribution in [0.5, 0.6) is 0 Å². The van der Waals surface area contributed by atoms with Gasteiger partial charge < -0.3 is 10.4 Å². The maximum Gasteiger partial charge on any atom is 0.330 e. The number of nitrogens with one attached hydrogen (secondary N) is 1. The number of hydrogen-bond acceptors (Lipinski definition) is 2. The fourth-order valence-corrected chi connectivity index (χ4v) is 2.15. The lowest BCUT2D eigenvalue weighted by molar-refractivity contribution is -0.138. The van der Waals surface area contributed by atoms with E-state index in [1.807, 2.05) is 0 Å². The van der Waals surface area contributed by atoms with E-state index in [-0.39, 0.29) is 10.0 Å². The van der Waals surface area contributed by atoms with E-state index in [0.29, 0.717) is 11.3 Å². The van der Waals surface area contributed by atoms with E-state index in [9.17, 15) is 14.3 Å². The number of anilines is 1. The molecule has 0 saturated heterocycles. The summed E-state index contributed by atoms with van der Waals surface area (Å²) >= 11 is 11.9. The summed E-state index contributed by atoms with van der Waals surface area (Å²) in [7, 11) is 0. The Kier molecular flexibility index (Phi) is 4.47. The molecule has 0 aliphatic carbocycles. The first-order valence-corrected chi connectivity index (χ1v) is 6.43. The summed E-state index contributed by atoms with van der Waals surface area (Å²) in [5, 5.41) is 12.6. The van der Waals surface area contributed by atoms with E-state index >= 15 is 0 Å². The third-order valence-corrected chi connectivity index (χ3v) is 3.53. The second-order valence-electron chi connectivity index (χ2n) is 4.07. The molecular weight excluding hydrogens is 304 g/mol. The first-order chi connectivity index (χ1) is 9.49. The fraction of sp³-hybridized carbons (Fsp3) is 0.0714. The summed E-state index contributed by atoms with van der Waals surface area (Å²) in [4.78, 5) is 11.4. The molecule has 2 N–H and O–H groups in total. The third-order valence-electron chi connectivity index (χ3n) is 2.69. The molecule has 6 heteroatoms. The van der Waals surface area contributed by atoms with E-state index in [0.717, 1.165) is 0 Å². The minimum atomic E-state index is -1.11. The zero-order valence-corrected chi connectivity index (χ0v) is 11.6. The Bertz CT molecular complexity index is 632. The summed E-state index contributed by atoms with van der Waals surface area (Å²) in [6.07, 6.45) is 0. The number of hydrogen-bond donors (Lipinski definition) is 2. The molecule has 0 bridgehead atoms. The molecule has 2 aromatic carbocycles. The van der Waals surface area contributed by atoms with Gasteiger partial charge in [-0.25, -0.2) is 9.18 Å². The zero-order valence-electron chi connectivity index (χ0n) is 10.1. The maximum absolute atomic E-state index is 12.8. The predicted octanol–water partition coefficient (Wildman–Crippen LogP) is 4.37. The van der Waals surface area contributed by atoms with Crippen LogP contribution in [0.1, 0.15) is 11.6 Å². The van der Waals surface area contributed by atoms with Crippen molar-refractivity contribution >= 4 is 34.9 Å². The van der Waals surface area contributed by atoms with E-state index in [1.54, 1.807) is 18.2 Å². The highest BCUT2D eigenvalue weighted by atomic mass is 35.5. The number of aliphatic carboxylic acids is 1. The number of carboxylic acids is 1. The molecule has 0 radical (unpaired) electrons. The number of carboxylic acid groups (broad SMARTS) is 1. The van der Waals surface area contributed by atoms with Crippen LogP contribution in [0.4, 0.5) is 10.1 Å². The summed E-state index contributed by atoms with van der Waals surface area (Å²) < 4.78 is 12.8. The molecule has 0 fully saturated rings. The van der Waals surface area contributed by atoms with Crippen LogP contribution in [0, 0.1) is 5.82 Å². The van der Waals surface area contributed by atoms with Gasteiger partial charge in [0.25, 0.3) is 0 Å². The van der Waals surface area contributed by atoms with Crippen molar-refractivity contribution in [2.24, 2.45) is 0 Å². The van der Waals surface area contributed by atoms with E-state index in [4.69, 9.17) is 23.2 Å². The smallest absolute Gasteiger partial charge is 0.330 e. The van der Waals surface area contributed by atoms with Gasteiger partial charge in [0.05, 0.1) is 10.0 Å². The molecule has 1 unspecified atom stereocenters. The van der Waals surface area contributed by atoms with E-state index in [2.05, 4.69) is 5.32 Å². The van der Waals surface area contributed by atoms with E-state index < -0.39 is 17.8 Å². The third kappa shape index (κ3) is 3.21. The largest absolute Gasteiger partial charge is 0.479 e. The molecule has 1 atom stereocenters. The highest BCUT2D eigenvalue weighted by Gasteiger charge is 2.23. The fourth-order valence-electron chi connectivity index (χ4n) is 1.73. The zero-order chi connectivity index (χ0) is 14.7. The van der Waals surface area contributed by atoms with Crippen LogP contribution in [0.3, 0.4) is 0 Å². The number of rotatable bonds is 4. The average molecular weight is 314 g/mol. The maximum atomic E-state index is 12.8. The van der Waals surface area contributed by atoms with Gasteiger partial charge in [-0.15, -0.1) is 0 Å². The lowest BCUT2D eigenvalue weighted by Gasteiger charge is -2.17. The SMILES string of the molecule is O=C(O)C(Nc1ccc(F)cc1)c1cccc(Cl)c1Cl. The van der Waals surface area contributed by atoms with Crippen molar-refractivity contribution in [3.63, 3.8) is 0 Å². The number of benzene rings is 2. The minimum Gasteiger partial charge on any atom is -0.479 e. The number of carbonyl (C=O) groups is 1. The van der Waals surface area contributed by atoms with Gasteiger partial charge >= 0.3 is 5.97 Å². The molecular formula is C14H10Cl2FNO2.